The highest BCUT2D eigenvalue weighted by Gasteiger charge is 2.22. The summed E-state index contributed by atoms with van der Waals surface area (Å²) in [5.41, 5.74) is 0. The van der Waals surface area contributed by atoms with Gasteiger partial charge in [0.1, 0.15) is 24.2 Å². The van der Waals surface area contributed by atoms with Crippen LogP contribution in [0.2, 0.25) is 0 Å². The minimum absolute atomic E-state index is 0.00200. The van der Waals surface area contributed by atoms with Gasteiger partial charge in [0.05, 0.1) is 13.2 Å². The first-order valence-electron chi connectivity index (χ1n) is 7.15. The van der Waals surface area contributed by atoms with Gasteiger partial charge in [0.2, 0.25) is 5.91 Å². The van der Waals surface area contributed by atoms with E-state index in [1.807, 2.05) is 12.1 Å². The molecule has 3 N–H and O–H groups in total. The maximum Gasteiger partial charge on any atom is 0.237 e. The SMILES string of the molecule is COc1cccc(OCC(O)CNC2CCCNC2=O)c1. The Morgan fingerprint density at radius 1 is 1.48 bits per heavy atom. The van der Waals surface area contributed by atoms with Crippen LogP contribution in [0.4, 0.5) is 0 Å². The molecule has 1 aliphatic rings. The lowest BCUT2D eigenvalue weighted by atomic mass is 10.1. The third-order valence-corrected chi connectivity index (χ3v) is 3.37. The maximum atomic E-state index is 11.6. The molecule has 0 spiro atoms. The number of rotatable bonds is 7. The number of ether oxygens (including phenoxy) is 2. The Balaban J connectivity index is 1.71. The molecule has 1 saturated heterocycles. The number of methoxy groups -OCH3 is 1. The summed E-state index contributed by atoms with van der Waals surface area (Å²) in [5, 5.41) is 15.8. The number of carbonyl (C=O) groups is 1. The van der Waals surface area contributed by atoms with Crippen molar-refractivity contribution < 1.29 is 19.4 Å². The molecular weight excluding hydrogens is 272 g/mol. The second-order valence-electron chi connectivity index (χ2n) is 5.04. The number of nitrogens with one attached hydrogen (secondary N) is 2. The normalized spacial score (nSPS) is 19.7. The second kappa shape index (κ2) is 7.85. The molecule has 21 heavy (non-hydrogen) atoms. The van der Waals surface area contributed by atoms with Crippen LogP contribution >= 0.6 is 0 Å². The molecule has 0 bridgehead atoms. The lowest BCUT2D eigenvalue weighted by Gasteiger charge is -2.24. The van der Waals surface area contributed by atoms with Crippen LogP contribution in [-0.4, -0.2) is 50.0 Å². The van der Waals surface area contributed by atoms with Crippen LogP contribution in [-0.2, 0) is 4.79 Å². The van der Waals surface area contributed by atoms with Gasteiger partial charge in [0.25, 0.3) is 0 Å². The molecular formula is C15H22N2O4. The summed E-state index contributed by atoms with van der Waals surface area (Å²) < 4.78 is 10.6. The van der Waals surface area contributed by atoms with Crippen molar-refractivity contribution in [2.24, 2.45) is 0 Å². The number of carbonyl (C=O) groups excluding carboxylic acids is 1. The van der Waals surface area contributed by atoms with E-state index in [9.17, 15) is 9.90 Å². The smallest absolute Gasteiger partial charge is 0.237 e. The van der Waals surface area contributed by atoms with Gasteiger partial charge in [-0.2, -0.15) is 0 Å². The molecule has 1 amide bonds. The molecule has 1 fully saturated rings. The monoisotopic (exact) mass is 294 g/mol. The number of benzene rings is 1. The second-order valence-corrected chi connectivity index (χ2v) is 5.04. The molecule has 1 aliphatic heterocycles. The van der Waals surface area contributed by atoms with Crippen LogP contribution in [0, 0.1) is 0 Å². The van der Waals surface area contributed by atoms with Crippen LogP contribution in [0.3, 0.4) is 0 Å². The number of hydrogen-bond acceptors (Lipinski definition) is 5. The van der Waals surface area contributed by atoms with Gasteiger partial charge in [0, 0.05) is 19.2 Å². The van der Waals surface area contributed by atoms with Crippen LogP contribution < -0.4 is 20.1 Å². The zero-order valence-electron chi connectivity index (χ0n) is 12.2. The van der Waals surface area contributed by atoms with E-state index in [0.717, 1.165) is 19.4 Å². The van der Waals surface area contributed by atoms with Gasteiger partial charge in [-0.25, -0.2) is 0 Å². The molecule has 1 aromatic rings. The molecule has 0 saturated carbocycles. The Hall–Kier alpha value is -1.79. The van der Waals surface area contributed by atoms with E-state index in [2.05, 4.69) is 10.6 Å². The molecule has 2 unspecified atom stereocenters. The predicted molar refractivity (Wildman–Crippen MR) is 78.5 cm³/mol. The lowest BCUT2D eigenvalue weighted by Crippen LogP contribution is -2.50. The minimum atomic E-state index is -0.675. The van der Waals surface area contributed by atoms with Gasteiger partial charge in [-0.3, -0.25) is 4.79 Å². The van der Waals surface area contributed by atoms with Gasteiger partial charge in [-0.1, -0.05) is 6.07 Å². The van der Waals surface area contributed by atoms with E-state index in [1.54, 1.807) is 19.2 Å². The molecule has 116 valence electrons. The van der Waals surface area contributed by atoms with Gasteiger partial charge in [0.15, 0.2) is 0 Å². The van der Waals surface area contributed by atoms with Gasteiger partial charge in [-0.05, 0) is 25.0 Å². The molecule has 0 aromatic heterocycles. The fourth-order valence-electron chi connectivity index (χ4n) is 2.19. The van der Waals surface area contributed by atoms with Crippen molar-refractivity contribution in [1.82, 2.24) is 10.6 Å². The fraction of sp³-hybridized carbons (Fsp3) is 0.533. The number of aliphatic hydroxyl groups excluding tert-OH is 1. The highest BCUT2D eigenvalue weighted by Crippen LogP contribution is 2.18. The summed E-state index contributed by atoms with van der Waals surface area (Å²) in [6.45, 7) is 1.22. The van der Waals surface area contributed by atoms with Crippen LogP contribution in [0.15, 0.2) is 24.3 Å². The summed E-state index contributed by atoms with van der Waals surface area (Å²) in [5.74, 6) is 1.35. The van der Waals surface area contributed by atoms with Crippen LogP contribution in [0.1, 0.15) is 12.8 Å². The average Bonchev–Trinajstić information content (AvgIpc) is 2.52. The molecule has 6 nitrogen and oxygen atoms in total. The first kappa shape index (κ1) is 15.6. The topological polar surface area (TPSA) is 79.8 Å². The Kier molecular flexibility index (Phi) is 5.83. The molecule has 1 heterocycles. The first-order valence-corrected chi connectivity index (χ1v) is 7.15. The molecule has 0 radical (unpaired) electrons. The van der Waals surface area contributed by atoms with E-state index in [-0.39, 0.29) is 18.6 Å². The summed E-state index contributed by atoms with van der Waals surface area (Å²) in [4.78, 5) is 11.6. The number of amides is 1. The molecule has 2 rings (SSSR count). The molecule has 0 aliphatic carbocycles. The zero-order chi connectivity index (χ0) is 15.1. The number of hydrogen-bond donors (Lipinski definition) is 3. The average molecular weight is 294 g/mol. The zero-order valence-corrected chi connectivity index (χ0v) is 12.2. The summed E-state index contributed by atoms with van der Waals surface area (Å²) >= 11 is 0. The van der Waals surface area contributed by atoms with Crippen molar-refractivity contribution in [2.45, 2.75) is 25.0 Å². The maximum absolute atomic E-state index is 11.6. The van der Waals surface area contributed by atoms with E-state index < -0.39 is 6.10 Å². The molecule has 1 aromatic carbocycles. The van der Waals surface area contributed by atoms with Crippen molar-refractivity contribution in [3.8, 4) is 11.5 Å². The summed E-state index contributed by atoms with van der Waals surface area (Å²) in [6, 6.07) is 6.99. The molecule has 2 atom stereocenters. The minimum Gasteiger partial charge on any atom is -0.497 e. The van der Waals surface area contributed by atoms with Crippen LogP contribution in [0.25, 0.3) is 0 Å². The Morgan fingerprint density at radius 3 is 3.05 bits per heavy atom. The van der Waals surface area contributed by atoms with Crippen molar-refractivity contribution in [3.63, 3.8) is 0 Å². The first-order chi connectivity index (χ1) is 10.2. The quantitative estimate of drug-likeness (QED) is 0.674. The van der Waals surface area contributed by atoms with Gasteiger partial charge < -0.3 is 25.2 Å². The van der Waals surface area contributed by atoms with Crippen molar-refractivity contribution in [3.05, 3.63) is 24.3 Å². The summed E-state index contributed by atoms with van der Waals surface area (Å²) in [7, 11) is 1.59. The standard InChI is InChI=1S/C15H22N2O4/c1-20-12-4-2-5-13(8-12)21-10-11(18)9-17-14-6-3-7-16-15(14)19/h2,4-5,8,11,14,17-18H,3,6-7,9-10H2,1H3,(H,16,19). The largest absolute Gasteiger partial charge is 0.497 e. The Labute approximate surface area is 124 Å². The fourth-order valence-corrected chi connectivity index (χ4v) is 2.19. The highest BCUT2D eigenvalue weighted by atomic mass is 16.5. The third kappa shape index (κ3) is 4.91. The van der Waals surface area contributed by atoms with Crippen LogP contribution in [0.5, 0.6) is 11.5 Å². The number of aliphatic hydroxyl groups is 1. The Morgan fingerprint density at radius 2 is 2.29 bits per heavy atom. The van der Waals surface area contributed by atoms with Crippen molar-refractivity contribution in [2.75, 3.05) is 26.8 Å². The van der Waals surface area contributed by atoms with Crippen molar-refractivity contribution >= 4 is 5.91 Å². The van der Waals surface area contributed by atoms with E-state index in [0.29, 0.717) is 18.0 Å². The Bertz CT molecular complexity index is 467. The van der Waals surface area contributed by atoms with E-state index in [1.165, 1.54) is 0 Å². The van der Waals surface area contributed by atoms with Crippen molar-refractivity contribution in [1.29, 1.82) is 0 Å². The number of piperidine rings is 1. The third-order valence-electron chi connectivity index (χ3n) is 3.37. The summed E-state index contributed by atoms with van der Waals surface area (Å²) in [6.07, 6.45) is 1.08. The predicted octanol–water partition coefficient (Wildman–Crippen LogP) is 0.303. The van der Waals surface area contributed by atoms with Gasteiger partial charge >= 0.3 is 0 Å². The molecule has 6 heteroatoms. The van der Waals surface area contributed by atoms with E-state index in [4.69, 9.17) is 9.47 Å². The van der Waals surface area contributed by atoms with Gasteiger partial charge in [-0.15, -0.1) is 0 Å². The highest BCUT2D eigenvalue weighted by molar-refractivity contribution is 5.82. The lowest BCUT2D eigenvalue weighted by molar-refractivity contribution is -0.124. The van der Waals surface area contributed by atoms with E-state index >= 15 is 0 Å².